The van der Waals surface area contributed by atoms with E-state index in [1.807, 2.05) is 6.92 Å². The highest BCUT2D eigenvalue weighted by Gasteiger charge is 2.23. The maximum atomic E-state index is 12.3. The predicted molar refractivity (Wildman–Crippen MR) is 66.9 cm³/mol. The summed E-state index contributed by atoms with van der Waals surface area (Å²) in [6, 6.07) is 3.37. The Labute approximate surface area is 108 Å². The Bertz CT molecular complexity index is 656. The molecule has 5 heteroatoms. The van der Waals surface area contributed by atoms with E-state index >= 15 is 0 Å². The van der Waals surface area contributed by atoms with Gasteiger partial charge in [-0.3, -0.25) is 4.79 Å². The molecule has 1 aliphatic rings. The third kappa shape index (κ3) is 1.82. The average Bonchev–Trinajstić information content (AvgIpc) is 2.86. The molecule has 2 aromatic rings. The van der Waals surface area contributed by atoms with Crippen molar-refractivity contribution in [2.75, 3.05) is 13.2 Å². The largest absolute Gasteiger partial charge is 0.464 e. The second-order valence-electron chi connectivity index (χ2n) is 4.19. The first-order valence-electron chi connectivity index (χ1n) is 5.61. The lowest BCUT2D eigenvalue weighted by atomic mass is 10.1. The molecule has 18 heavy (non-hydrogen) atoms. The van der Waals surface area contributed by atoms with Crippen molar-refractivity contribution in [3.8, 4) is 0 Å². The highest BCUT2D eigenvalue weighted by molar-refractivity contribution is 6.32. The second-order valence-corrected chi connectivity index (χ2v) is 4.60. The minimum absolute atomic E-state index is 0.162. The molecule has 1 saturated heterocycles. The maximum Gasteiger partial charge on any atom is 0.201 e. The van der Waals surface area contributed by atoms with Crippen molar-refractivity contribution in [1.29, 1.82) is 0 Å². The van der Waals surface area contributed by atoms with E-state index in [1.165, 1.54) is 6.26 Å². The quantitative estimate of drug-likeness (QED) is 0.796. The topological polar surface area (TPSA) is 48.7 Å². The summed E-state index contributed by atoms with van der Waals surface area (Å²) in [7, 11) is 0. The van der Waals surface area contributed by atoms with Crippen molar-refractivity contribution >= 4 is 22.6 Å². The van der Waals surface area contributed by atoms with Gasteiger partial charge < -0.3 is 13.9 Å². The molecular formula is C13H11ClO4. The summed E-state index contributed by atoms with van der Waals surface area (Å²) in [6.45, 7) is 2.83. The first kappa shape index (κ1) is 11.7. The van der Waals surface area contributed by atoms with Crippen molar-refractivity contribution in [2.24, 2.45) is 0 Å². The Morgan fingerprint density at radius 1 is 1.28 bits per heavy atom. The predicted octanol–water partition coefficient (Wildman–Crippen LogP) is 2.80. The Morgan fingerprint density at radius 3 is 2.72 bits per heavy atom. The second kappa shape index (κ2) is 4.39. The van der Waals surface area contributed by atoms with Gasteiger partial charge in [0.2, 0.25) is 5.43 Å². The maximum absolute atomic E-state index is 12.3. The first-order chi connectivity index (χ1) is 8.66. The van der Waals surface area contributed by atoms with Gasteiger partial charge >= 0.3 is 0 Å². The number of fused-ring (bicyclic) bond motifs is 1. The van der Waals surface area contributed by atoms with Crippen LogP contribution in [0.3, 0.4) is 0 Å². The number of aryl methyl sites for hydroxylation is 1. The molecule has 0 amide bonds. The first-order valence-corrected chi connectivity index (χ1v) is 5.99. The normalized spacial score (nSPS) is 16.6. The molecule has 0 aliphatic carbocycles. The van der Waals surface area contributed by atoms with Crippen LogP contribution in [0.1, 0.15) is 17.4 Å². The molecule has 0 bridgehead atoms. The molecule has 1 aliphatic heterocycles. The van der Waals surface area contributed by atoms with Crippen molar-refractivity contribution in [3.05, 3.63) is 44.8 Å². The van der Waals surface area contributed by atoms with Crippen LogP contribution >= 0.6 is 11.6 Å². The van der Waals surface area contributed by atoms with Crippen LogP contribution in [0.4, 0.5) is 0 Å². The Balaban J connectivity index is 2.22. The zero-order chi connectivity index (χ0) is 12.7. The van der Waals surface area contributed by atoms with E-state index in [2.05, 4.69) is 0 Å². The van der Waals surface area contributed by atoms with Gasteiger partial charge in [0.15, 0.2) is 6.29 Å². The fourth-order valence-electron chi connectivity index (χ4n) is 1.97. The molecule has 0 saturated carbocycles. The van der Waals surface area contributed by atoms with Gasteiger partial charge in [-0.05, 0) is 24.6 Å². The number of ether oxygens (including phenoxy) is 2. The summed E-state index contributed by atoms with van der Waals surface area (Å²) in [5.41, 5.74) is 1.60. The van der Waals surface area contributed by atoms with Crippen LogP contribution in [-0.4, -0.2) is 13.2 Å². The fourth-order valence-corrected chi connectivity index (χ4v) is 2.13. The lowest BCUT2D eigenvalue weighted by Gasteiger charge is -2.09. The Kier molecular flexibility index (Phi) is 2.86. The lowest BCUT2D eigenvalue weighted by Crippen LogP contribution is -2.14. The van der Waals surface area contributed by atoms with Crippen molar-refractivity contribution in [2.45, 2.75) is 13.2 Å². The molecule has 0 radical (unpaired) electrons. The van der Waals surface area contributed by atoms with Gasteiger partial charge in [0.05, 0.1) is 24.2 Å². The summed E-state index contributed by atoms with van der Waals surface area (Å²) in [4.78, 5) is 12.3. The van der Waals surface area contributed by atoms with Gasteiger partial charge in [-0.1, -0.05) is 11.6 Å². The summed E-state index contributed by atoms with van der Waals surface area (Å²) in [5.74, 6) is 0. The van der Waals surface area contributed by atoms with Crippen LogP contribution in [0.5, 0.6) is 0 Å². The zero-order valence-corrected chi connectivity index (χ0v) is 10.5. The average molecular weight is 267 g/mol. The summed E-state index contributed by atoms with van der Waals surface area (Å²) in [5, 5.41) is 0.988. The minimum atomic E-state index is -0.634. The number of halogens is 1. The smallest absolute Gasteiger partial charge is 0.201 e. The van der Waals surface area contributed by atoms with Gasteiger partial charge in [-0.15, -0.1) is 0 Å². The monoisotopic (exact) mass is 266 g/mol. The SMILES string of the molecule is Cc1cc2occ(C3OCCO3)c(=O)c2cc1Cl. The van der Waals surface area contributed by atoms with Crippen molar-refractivity contribution < 1.29 is 13.9 Å². The molecule has 0 unspecified atom stereocenters. The van der Waals surface area contributed by atoms with Crippen molar-refractivity contribution in [1.82, 2.24) is 0 Å². The molecule has 3 rings (SSSR count). The van der Waals surface area contributed by atoms with Gasteiger partial charge in [0.25, 0.3) is 0 Å². The third-order valence-electron chi connectivity index (χ3n) is 2.96. The van der Waals surface area contributed by atoms with Crippen LogP contribution in [-0.2, 0) is 9.47 Å². The van der Waals surface area contributed by atoms with Gasteiger partial charge in [-0.2, -0.15) is 0 Å². The third-order valence-corrected chi connectivity index (χ3v) is 3.36. The van der Waals surface area contributed by atoms with Crippen LogP contribution in [0, 0.1) is 6.92 Å². The molecule has 4 nitrogen and oxygen atoms in total. The van der Waals surface area contributed by atoms with Crippen LogP contribution < -0.4 is 5.43 Å². The molecule has 94 valence electrons. The van der Waals surface area contributed by atoms with E-state index in [-0.39, 0.29) is 5.43 Å². The lowest BCUT2D eigenvalue weighted by molar-refractivity contribution is -0.0457. The minimum Gasteiger partial charge on any atom is -0.464 e. The van der Waals surface area contributed by atoms with Crippen LogP contribution in [0.2, 0.25) is 5.02 Å². The molecule has 0 spiro atoms. The summed E-state index contributed by atoms with van der Waals surface area (Å²) in [6.07, 6.45) is 0.763. The van der Waals surface area contributed by atoms with Gasteiger partial charge in [0, 0.05) is 5.02 Å². The van der Waals surface area contributed by atoms with E-state index < -0.39 is 6.29 Å². The molecule has 2 heterocycles. The van der Waals surface area contributed by atoms with Gasteiger partial charge in [-0.25, -0.2) is 0 Å². The van der Waals surface area contributed by atoms with E-state index in [0.29, 0.717) is 34.8 Å². The number of benzene rings is 1. The number of rotatable bonds is 1. The number of hydrogen-bond donors (Lipinski definition) is 0. The van der Waals surface area contributed by atoms with E-state index in [4.69, 9.17) is 25.5 Å². The van der Waals surface area contributed by atoms with E-state index in [1.54, 1.807) is 12.1 Å². The molecule has 0 N–H and O–H groups in total. The molecule has 1 fully saturated rings. The highest BCUT2D eigenvalue weighted by Crippen LogP contribution is 2.25. The summed E-state index contributed by atoms with van der Waals surface area (Å²) < 4.78 is 16.1. The fraction of sp³-hybridized carbons (Fsp3) is 0.308. The molecular weight excluding hydrogens is 256 g/mol. The van der Waals surface area contributed by atoms with E-state index in [0.717, 1.165) is 5.56 Å². The Morgan fingerprint density at radius 2 is 2.00 bits per heavy atom. The van der Waals surface area contributed by atoms with Crippen LogP contribution in [0.15, 0.2) is 27.6 Å². The summed E-state index contributed by atoms with van der Waals surface area (Å²) >= 11 is 6.03. The van der Waals surface area contributed by atoms with Gasteiger partial charge in [0.1, 0.15) is 11.8 Å². The number of hydrogen-bond acceptors (Lipinski definition) is 4. The van der Waals surface area contributed by atoms with Crippen LogP contribution in [0.25, 0.3) is 11.0 Å². The molecule has 1 aromatic carbocycles. The highest BCUT2D eigenvalue weighted by atomic mass is 35.5. The standard InChI is InChI=1S/C13H11ClO4/c1-7-4-11-8(5-10(7)14)12(15)9(6-18-11)13-16-2-3-17-13/h4-6,13H,2-3H2,1H3. The van der Waals surface area contributed by atoms with Crippen molar-refractivity contribution in [3.63, 3.8) is 0 Å². The zero-order valence-electron chi connectivity index (χ0n) is 9.73. The Hall–Kier alpha value is -1.36. The molecule has 1 aromatic heterocycles. The molecule has 0 atom stereocenters. The van der Waals surface area contributed by atoms with E-state index in [9.17, 15) is 4.79 Å².